The summed E-state index contributed by atoms with van der Waals surface area (Å²) < 4.78 is 11.8. The molecule has 1 aliphatic rings. The van der Waals surface area contributed by atoms with Crippen molar-refractivity contribution in [3.05, 3.63) is 30.3 Å². The van der Waals surface area contributed by atoms with E-state index in [2.05, 4.69) is 33.0 Å². The highest BCUT2D eigenvalue weighted by atomic mass is 16.6. The molecule has 1 aromatic rings. The Morgan fingerprint density at radius 1 is 1.22 bits per heavy atom. The van der Waals surface area contributed by atoms with Crippen molar-refractivity contribution in [3.8, 4) is 0 Å². The summed E-state index contributed by atoms with van der Waals surface area (Å²) in [7, 11) is 0. The maximum Gasteiger partial charge on any atom is 0.411 e. The molecule has 1 amide bonds. The van der Waals surface area contributed by atoms with E-state index >= 15 is 0 Å². The van der Waals surface area contributed by atoms with Gasteiger partial charge in [0, 0.05) is 18.5 Å². The monoisotopic (exact) mass is 319 g/mol. The summed E-state index contributed by atoms with van der Waals surface area (Å²) >= 11 is 0. The molecule has 0 aliphatic carbocycles. The molecule has 0 bridgehead atoms. The number of hydrogen-bond acceptors (Lipinski definition) is 3. The van der Waals surface area contributed by atoms with Gasteiger partial charge in [-0.2, -0.15) is 0 Å². The van der Waals surface area contributed by atoms with Crippen LogP contribution in [0.1, 0.15) is 47.0 Å². The molecule has 1 fully saturated rings. The Morgan fingerprint density at radius 2 is 1.91 bits per heavy atom. The number of carbonyl (C=O) groups is 1. The van der Waals surface area contributed by atoms with Gasteiger partial charge in [0.25, 0.3) is 0 Å². The highest BCUT2D eigenvalue weighted by molar-refractivity contribution is 5.84. The Hall–Kier alpha value is -1.55. The number of rotatable bonds is 5. The zero-order chi connectivity index (χ0) is 16.8. The second-order valence-electron chi connectivity index (χ2n) is 7.16. The van der Waals surface area contributed by atoms with Crippen molar-refractivity contribution in [2.24, 2.45) is 11.8 Å². The van der Waals surface area contributed by atoms with Gasteiger partial charge in [-0.1, -0.05) is 45.9 Å². The molecule has 0 radical (unpaired) electrons. The Labute approximate surface area is 139 Å². The van der Waals surface area contributed by atoms with Crippen molar-refractivity contribution < 1.29 is 14.3 Å². The number of benzene rings is 1. The fourth-order valence-corrected chi connectivity index (χ4v) is 3.03. The third-order valence-corrected chi connectivity index (χ3v) is 4.16. The summed E-state index contributed by atoms with van der Waals surface area (Å²) in [5, 5.41) is 2.79. The topological polar surface area (TPSA) is 47.6 Å². The summed E-state index contributed by atoms with van der Waals surface area (Å²) in [6, 6.07) is 9.39. The molecule has 1 saturated heterocycles. The van der Waals surface area contributed by atoms with Gasteiger partial charge in [-0.05, 0) is 30.4 Å². The predicted molar refractivity (Wildman–Crippen MR) is 92.5 cm³/mol. The summed E-state index contributed by atoms with van der Waals surface area (Å²) in [5.41, 5.74) is 0.753. The lowest BCUT2D eigenvalue weighted by atomic mass is 9.91. The highest BCUT2D eigenvalue weighted by Crippen LogP contribution is 2.29. The number of amides is 1. The van der Waals surface area contributed by atoms with Crippen LogP contribution in [0.4, 0.5) is 10.5 Å². The van der Waals surface area contributed by atoms with Gasteiger partial charge in [-0.15, -0.1) is 0 Å². The van der Waals surface area contributed by atoms with E-state index in [-0.39, 0.29) is 24.4 Å². The van der Waals surface area contributed by atoms with Crippen LogP contribution in [-0.2, 0) is 9.47 Å². The molecule has 1 N–H and O–H groups in total. The number of ether oxygens (including phenoxy) is 2. The van der Waals surface area contributed by atoms with Crippen molar-refractivity contribution in [2.75, 3.05) is 5.32 Å². The molecule has 0 unspecified atom stereocenters. The van der Waals surface area contributed by atoms with Gasteiger partial charge in [0.15, 0.2) is 0 Å². The number of carbonyl (C=O) groups excluding carboxylic acids is 1. The molecule has 0 saturated carbocycles. The van der Waals surface area contributed by atoms with Crippen LogP contribution in [0.15, 0.2) is 30.3 Å². The van der Waals surface area contributed by atoms with E-state index < -0.39 is 0 Å². The third-order valence-electron chi connectivity index (χ3n) is 4.16. The van der Waals surface area contributed by atoms with Gasteiger partial charge in [-0.25, -0.2) is 4.79 Å². The van der Waals surface area contributed by atoms with Crippen molar-refractivity contribution in [1.29, 1.82) is 0 Å². The van der Waals surface area contributed by atoms with E-state index in [0.717, 1.165) is 24.9 Å². The number of anilines is 1. The van der Waals surface area contributed by atoms with Gasteiger partial charge >= 0.3 is 6.09 Å². The first-order valence-electron chi connectivity index (χ1n) is 8.62. The van der Waals surface area contributed by atoms with E-state index in [9.17, 15) is 4.79 Å². The van der Waals surface area contributed by atoms with Crippen LogP contribution in [0.3, 0.4) is 0 Å². The first-order valence-corrected chi connectivity index (χ1v) is 8.62. The Bertz CT molecular complexity index is 487. The van der Waals surface area contributed by atoms with Crippen LogP contribution in [0, 0.1) is 11.8 Å². The Kier molecular flexibility index (Phi) is 6.46. The van der Waals surface area contributed by atoms with Crippen LogP contribution in [0.5, 0.6) is 0 Å². The lowest BCUT2D eigenvalue weighted by Gasteiger charge is -2.37. The zero-order valence-corrected chi connectivity index (χ0v) is 14.6. The molecule has 4 nitrogen and oxygen atoms in total. The van der Waals surface area contributed by atoms with Crippen molar-refractivity contribution in [1.82, 2.24) is 0 Å². The minimum atomic E-state index is -0.381. The average molecular weight is 319 g/mol. The SMILES string of the molecule is CC(C)C[C@@H]1C[C@H](OC(=O)Nc2ccccc2)C[C@H](C(C)C)O1. The standard InChI is InChI=1S/C19H29NO3/c1-13(2)10-16-11-17(12-18(22-16)14(3)4)23-19(21)20-15-8-6-5-7-9-15/h5-9,13-14,16-18H,10-12H2,1-4H3,(H,20,21)/t16-,17+,18-/m1/s1. The molecule has 0 aromatic heterocycles. The Morgan fingerprint density at radius 3 is 2.52 bits per heavy atom. The maximum atomic E-state index is 12.1. The van der Waals surface area contributed by atoms with E-state index in [0.29, 0.717) is 11.8 Å². The number of hydrogen-bond donors (Lipinski definition) is 1. The molecule has 1 aliphatic heterocycles. The lowest BCUT2D eigenvalue weighted by molar-refractivity contribution is -0.117. The van der Waals surface area contributed by atoms with Crippen LogP contribution in [-0.4, -0.2) is 24.4 Å². The molecule has 4 heteroatoms. The Balaban J connectivity index is 1.92. The van der Waals surface area contributed by atoms with Gasteiger partial charge in [0.1, 0.15) is 6.10 Å². The first kappa shape index (κ1) is 17.8. The average Bonchev–Trinajstić information content (AvgIpc) is 2.47. The number of nitrogens with one attached hydrogen (secondary N) is 1. The summed E-state index contributed by atoms with van der Waals surface area (Å²) in [6.45, 7) is 8.70. The van der Waals surface area contributed by atoms with Crippen LogP contribution in [0.2, 0.25) is 0 Å². The third kappa shape index (κ3) is 5.87. The molecule has 3 atom stereocenters. The smallest absolute Gasteiger partial charge is 0.411 e. The van der Waals surface area contributed by atoms with E-state index in [4.69, 9.17) is 9.47 Å². The summed E-state index contributed by atoms with van der Waals surface area (Å²) in [6.07, 6.45) is 2.42. The molecule has 23 heavy (non-hydrogen) atoms. The molecule has 1 aromatic carbocycles. The maximum absolute atomic E-state index is 12.1. The van der Waals surface area contributed by atoms with E-state index in [1.807, 2.05) is 30.3 Å². The fourth-order valence-electron chi connectivity index (χ4n) is 3.03. The normalized spacial score (nSPS) is 24.7. The lowest BCUT2D eigenvalue weighted by Crippen LogP contribution is -2.41. The van der Waals surface area contributed by atoms with Gasteiger partial charge < -0.3 is 9.47 Å². The minimum Gasteiger partial charge on any atom is -0.446 e. The van der Waals surface area contributed by atoms with Crippen LogP contribution >= 0.6 is 0 Å². The van der Waals surface area contributed by atoms with Crippen LogP contribution in [0.25, 0.3) is 0 Å². The second kappa shape index (κ2) is 8.34. The molecule has 0 spiro atoms. The first-order chi connectivity index (χ1) is 10.9. The van der Waals surface area contributed by atoms with Crippen molar-refractivity contribution >= 4 is 11.8 Å². The summed E-state index contributed by atoms with van der Waals surface area (Å²) in [5.74, 6) is 0.998. The molecular formula is C19H29NO3. The largest absolute Gasteiger partial charge is 0.446 e. The van der Waals surface area contributed by atoms with Gasteiger partial charge in [0.2, 0.25) is 0 Å². The number of para-hydroxylation sites is 1. The van der Waals surface area contributed by atoms with Crippen LogP contribution < -0.4 is 5.32 Å². The zero-order valence-electron chi connectivity index (χ0n) is 14.6. The highest BCUT2D eigenvalue weighted by Gasteiger charge is 2.33. The van der Waals surface area contributed by atoms with Gasteiger partial charge in [-0.3, -0.25) is 5.32 Å². The second-order valence-corrected chi connectivity index (χ2v) is 7.16. The minimum absolute atomic E-state index is 0.0800. The summed E-state index contributed by atoms with van der Waals surface area (Å²) in [4.78, 5) is 12.1. The van der Waals surface area contributed by atoms with Crippen molar-refractivity contribution in [3.63, 3.8) is 0 Å². The quantitative estimate of drug-likeness (QED) is 0.843. The van der Waals surface area contributed by atoms with Gasteiger partial charge in [0.05, 0.1) is 12.2 Å². The fraction of sp³-hybridized carbons (Fsp3) is 0.632. The molecular weight excluding hydrogens is 290 g/mol. The van der Waals surface area contributed by atoms with E-state index in [1.54, 1.807) is 0 Å². The predicted octanol–water partition coefficient (Wildman–Crippen LogP) is 4.85. The molecule has 2 rings (SSSR count). The molecule has 128 valence electrons. The van der Waals surface area contributed by atoms with E-state index in [1.165, 1.54) is 0 Å². The van der Waals surface area contributed by atoms with Crippen molar-refractivity contribution in [2.45, 2.75) is 65.3 Å². The molecule has 1 heterocycles.